The SMILES string of the molecule is CCc1ccc(-c2ccc(C(=O)N[C@@H](CCCN)C(=O)NO)cc2)cc1. The molecule has 0 bridgehead atoms. The molecule has 0 fully saturated rings. The Hall–Kier alpha value is -2.70. The molecule has 0 aromatic heterocycles. The quantitative estimate of drug-likeness (QED) is 0.431. The van der Waals surface area contributed by atoms with Gasteiger partial charge in [0.1, 0.15) is 6.04 Å². The summed E-state index contributed by atoms with van der Waals surface area (Å²) in [5.74, 6) is -1.03. The molecule has 138 valence electrons. The van der Waals surface area contributed by atoms with Gasteiger partial charge in [-0.15, -0.1) is 0 Å². The molecule has 0 aliphatic rings. The van der Waals surface area contributed by atoms with Crippen molar-refractivity contribution in [1.29, 1.82) is 0 Å². The maximum atomic E-state index is 12.4. The molecular formula is C20H25N3O3. The van der Waals surface area contributed by atoms with E-state index >= 15 is 0 Å². The van der Waals surface area contributed by atoms with Gasteiger partial charge in [-0.25, -0.2) is 5.48 Å². The third-order valence-corrected chi connectivity index (χ3v) is 4.27. The predicted octanol–water partition coefficient (Wildman–Crippen LogP) is 2.26. The summed E-state index contributed by atoms with van der Waals surface area (Å²) in [6.45, 7) is 2.51. The normalized spacial score (nSPS) is 11.7. The lowest BCUT2D eigenvalue weighted by Crippen LogP contribution is -2.46. The molecule has 0 saturated carbocycles. The third-order valence-electron chi connectivity index (χ3n) is 4.27. The zero-order valence-corrected chi connectivity index (χ0v) is 14.9. The fourth-order valence-corrected chi connectivity index (χ4v) is 2.66. The Morgan fingerprint density at radius 1 is 1.04 bits per heavy atom. The van der Waals surface area contributed by atoms with Gasteiger partial charge in [0.25, 0.3) is 11.8 Å². The van der Waals surface area contributed by atoms with E-state index in [1.807, 2.05) is 12.1 Å². The molecular weight excluding hydrogens is 330 g/mol. The molecule has 0 heterocycles. The number of benzene rings is 2. The minimum Gasteiger partial charge on any atom is -0.340 e. The first-order chi connectivity index (χ1) is 12.6. The van der Waals surface area contributed by atoms with E-state index in [1.165, 1.54) is 5.56 Å². The van der Waals surface area contributed by atoms with Crippen molar-refractivity contribution in [2.75, 3.05) is 6.54 Å². The van der Waals surface area contributed by atoms with Gasteiger partial charge in [-0.3, -0.25) is 14.8 Å². The number of carbonyl (C=O) groups excluding carboxylic acids is 2. The van der Waals surface area contributed by atoms with E-state index in [0.717, 1.165) is 17.5 Å². The number of nitrogens with two attached hydrogens (primary N) is 1. The van der Waals surface area contributed by atoms with Crippen LogP contribution in [0.1, 0.15) is 35.7 Å². The van der Waals surface area contributed by atoms with Crippen LogP contribution in [0.3, 0.4) is 0 Å². The first-order valence-electron chi connectivity index (χ1n) is 8.73. The lowest BCUT2D eigenvalue weighted by Gasteiger charge is -2.16. The first-order valence-corrected chi connectivity index (χ1v) is 8.73. The Bertz CT molecular complexity index is 727. The van der Waals surface area contributed by atoms with Crippen LogP contribution >= 0.6 is 0 Å². The molecule has 2 aromatic rings. The molecule has 5 N–H and O–H groups in total. The maximum Gasteiger partial charge on any atom is 0.265 e. The van der Waals surface area contributed by atoms with Gasteiger partial charge in [-0.1, -0.05) is 43.3 Å². The van der Waals surface area contributed by atoms with Gasteiger partial charge < -0.3 is 11.1 Å². The highest BCUT2D eigenvalue weighted by molar-refractivity contribution is 5.97. The van der Waals surface area contributed by atoms with Crippen molar-refractivity contribution in [3.8, 4) is 11.1 Å². The van der Waals surface area contributed by atoms with E-state index < -0.39 is 11.9 Å². The average molecular weight is 355 g/mol. The smallest absolute Gasteiger partial charge is 0.265 e. The zero-order chi connectivity index (χ0) is 18.9. The average Bonchev–Trinajstić information content (AvgIpc) is 2.70. The monoisotopic (exact) mass is 355 g/mol. The molecule has 0 aliphatic carbocycles. The molecule has 0 aliphatic heterocycles. The van der Waals surface area contributed by atoms with Gasteiger partial charge in [-0.05, 0) is 54.6 Å². The molecule has 26 heavy (non-hydrogen) atoms. The minimum atomic E-state index is -0.822. The van der Waals surface area contributed by atoms with Gasteiger partial charge in [0, 0.05) is 5.56 Å². The van der Waals surface area contributed by atoms with E-state index in [0.29, 0.717) is 24.9 Å². The van der Waals surface area contributed by atoms with Gasteiger partial charge >= 0.3 is 0 Å². The number of nitrogens with one attached hydrogen (secondary N) is 2. The van der Waals surface area contributed by atoms with E-state index in [1.54, 1.807) is 17.6 Å². The van der Waals surface area contributed by atoms with Gasteiger partial charge in [0.15, 0.2) is 0 Å². The molecule has 2 rings (SSSR count). The summed E-state index contributed by atoms with van der Waals surface area (Å²) in [4.78, 5) is 24.0. The van der Waals surface area contributed by atoms with Gasteiger partial charge in [0.2, 0.25) is 0 Å². The minimum absolute atomic E-state index is 0.358. The summed E-state index contributed by atoms with van der Waals surface area (Å²) >= 11 is 0. The fourth-order valence-electron chi connectivity index (χ4n) is 2.66. The number of amides is 2. The van der Waals surface area contributed by atoms with Crippen LogP contribution in [-0.4, -0.2) is 29.6 Å². The number of hydroxylamine groups is 1. The first kappa shape index (κ1) is 19.6. The summed E-state index contributed by atoms with van der Waals surface area (Å²) in [6.07, 6.45) is 1.91. The molecule has 1 atom stereocenters. The highest BCUT2D eigenvalue weighted by Gasteiger charge is 2.20. The number of rotatable bonds is 8. The largest absolute Gasteiger partial charge is 0.340 e. The highest BCUT2D eigenvalue weighted by atomic mass is 16.5. The van der Waals surface area contributed by atoms with Crippen LogP contribution in [-0.2, 0) is 11.2 Å². The van der Waals surface area contributed by atoms with Crippen molar-refractivity contribution in [2.45, 2.75) is 32.2 Å². The Labute approximate surface area is 153 Å². The van der Waals surface area contributed by atoms with Crippen LogP contribution in [0.4, 0.5) is 0 Å². The van der Waals surface area contributed by atoms with E-state index in [-0.39, 0.29) is 5.91 Å². The number of hydrogen-bond acceptors (Lipinski definition) is 4. The van der Waals surface area contributed by atoms with Crippen molar-refractivity contribution < 1.29 is 14.8 Å². The van der Waals surface area contributed by atoms with E-state index in [9.17, 15) is 9.59 Å². The van der Waals surface area contributed by atoms with Crippen molar-refractivity contribution in [3.05, 3.63) is 59.7 Å². The van der Waals surface area contributed by atoms with Crippen LogP contribution in [0, 0.1) is 0 Å². The van der Waals surface area contributed by atoms with Crippen LogP contribution in [0.5, 0.6) is 0 Å². The standard InChI is InChI=1S/C20H25N3O3/c1-2-14-5-7-15(8-6-14)16-9-11-17(12-10-16)19(24)22-18(4-3-13-21)20(25)23-26/h5-12,18,26H,2-4,13,21H2,1H3,(H,22,24)(H,23,25)/t18-/m0/s1. The lowest BCUT2D eigenvalue weighted by atomic mass is 10.0. The van der Waals surface area contributed by atoms with Crippen molar-refractivity contribution in [1.82, 2.24) is 10.8 Å². The second-order valence-corrected chi connectivity index (χ2v) is 6.06. The Morgan fingerprint density at radius 3 is 2.12 bits per heavy atom. The molecule has 2 aromatic carbocycles. The zero-order valence-electron chi connectivity index (χ0n) is 14.9. The number of aryl methyl sites for hydroxylation is 1. The molecule has 0 spiro atoms. The topological polar surface area (TPSA) is 104 Å². The molecule has 0 radical (unpaired) electrons. The maximum absolute atomic E-state index is 12.4. The third kappa shape index (κ3) is 5.15. The van der Waals surface area contributed by atoms with Gasteiger partial charge in [0.05, 0.1) is 0 Å². The molecule has 0 saturated heterocycles. The van der Waals surface area contributed by atoms with Crippen molar-refractivity contribution in [3.63, 3.8) is 0 Å². The number of carbonyl (C=O) groups is 2. The van der Waals surface area contributed by atoms with Crippen molar-refractivity contribution in [2.24, 2.45) is 5.73 Å². The Kier molecular flexibility index (Phi) is 7.32. The Morgan fingerprint density at radius 2 is 1.62 bits per heavy atom. The summed E-state index contributed by atoms with van der Waals surface area (Å²) in [7, 11) is 0. The van der Waals surface area contributed by atoms with Crippen molar-refractivity contribution >= 4 is 11.8 Å². The van der Waals surface area contributed by atoms with Crippen LogP contribution in [0.2, 0.25) is 0 Å². The fraction of sp³-hybridized carbons (Fsp3) is 0.300. The number of hydrogen-bond donors (Lipinski definition) is 4. The van der Waals surface area contributed by atoms with E-state index in [4.69, 9.17) is 10.9 Å². The molecule has 0 unspecified atom stereocenters. The second-order valence-electron chi connectivity index (χ2n) is 6.06. The molecule has 6 nitrogen and oxygen atoms in total. The molecule has 6 heteroatoms. The summed E-state index contributed by atoms with van der Waals surface area (Å²) in [5.41, 5.74) is 10.8. The van der Waals surface area contributed by atoms with Crippen LogP contribution in [0.25, 0.3) is 11.1 Å². The van der Waals surface area contributed by atoms with Gasteiger partial charge in [-0.2, -0.15) is 0 Å². The van der Waals surface area contributed by atoms with Crippen LogP contribution in [0.15, 0.2) is 48.5 Å². The summed E-state index contributed by atoms with van der Waals surface area (Å²) in [6, 6.07) is 14.7. The van der Waals surface area contributed by atoms with Crippen LogP contribution < -0.4 is 16.5 Å². The predicted molar refractivity (Wildman–Crippen MR) is 101 cm³/mol. The second kappa shape index (κ2) is 9.70. The molecule has 2 amide bonds. The Balaban J connectivity index is 2.08. The highest BCUT2D eigenvalue weighted by Crippen LogP contribution is 2.20. The summed E-state index contributed by atoms with van der Waals surface area (Å²) in [5, 5.41) is 11.4. The summed E-state index contributed by atoms with van der Waals surface area (Å²) < 4.78 is 0. The lowest BCUT2D eigenvalue weighted by molar-refractivity contribution is -0.131. The van der Waals surface area contributed by atoms with E-state index in [2.05, 4.69) is 36.5 Å².